The molecule has 4 rings (SSSR count). The largest absolute Gasteiger partial charge is 0.485 e. The van der Waals surface area contributed by atoms with E-state index in [0.29, 0.717) is 30.0 Å². The number of methoxy groups -OCH3 is 1. The fourth-order valence-electron chi connectivity index (χ4n) is 3.39. The molecule has 1 atom stereocenters. The van der Waals surface area contributed by atoms with E-state index in [1.807, 2.05) is 0 Å². The summed E-state index contributed by atoms with van der Waals surface area (Å²) in [6.45, 7) is 0.840. The van der Waals surface area contributed by atoms with Gasteiger partial charge in [-0.15, -0.1) is 0 Å². The highest BCUT2D eigenvalue weighted by Gasteiger charge is 2.31. The van der Waals surface area contributed by atoms with E-state index in [0.717, 1.165) is 4.57 Å². The van der Waals surface area contributed by atoms with Gasteiger partial charge in [0.15, 0.2) is 23.0 Å². The lowest BCUT2D eigenvalue weighted by atomic mass is 10.3. The Morgan fingerprint density at radius 3 is 2.90 bits per heavy atom. The number of imidazole rings is 1. The Labute approximate surface area is 165 Å². The number of hydrogen-bond acceptors (Lipinski definition) is 6. The lowest BCUT2D eigenvalue weighted by Gasteiger charge is -2.17. The van der Waals surface area contributed by atoms with Crippen molar-refractivity contribution in [2.45, 2.75) is 19.1 Å². The van der Waals surface area contributed by atoms with Crippen LogP contribution in [0.2, 0.25) is 0 Å². The van der Waals surface area contributed by atoms with Crippen molar-refractivity contribution in [2.24, 2.45) is 7.05 Å². The van der Waals surface area contributed by atoms with Crippen molar-refractivity contribution >= 4 is 17.2 Å². The molecule has 1 saturated heterocycles. The van der Waals surface area contributed by atoms with Gasteiger partial charge >= 0.3 is 11.7 Å². The number of aromatic nitrogens is 4. The number of likely N-dealkylation sites (tertiary alicyclic amines) is 1. The smallest absolute Gasteiger partial charge is 0.338 e. The van der Waals surface area contributed by atoms with Crippen LogP contribution in [-0.2, 0) is 18.4 Å². The third-order valence-electron chi connectivity index (χ3n) is 4.85. The number of aryl methyl sites for hydroxylation is 1. The van der Waals surface area contributed by atoms with Crippen molar-refractivity contribution in [1.29, 1.82) is 0 Å². The molecule has 1 fully saturated rings. The normalized spacial score (nSPS) is 16.5. The van der Waals surface area contributed by atoms with Gasteiger partial charge in [-0.1, -0.05) is 12.1 Å². The number of benzene rings is 1. The summed E-state index contributed by atoms with van der Waals surface area (Å²) in [5.74, 6) is 0.111. The quantitative estimate of drug-likeness (QED) is 0.659. The van der Waals surface area contributed by atoms with Crippen LogP contribution in [0.5, 0.6) is 5.75 Å². The molecule has 10 heteroatoms. The number of halogens is 1. The molecule has 0 spiro atoms. The Morgan fingerprint density at radius 1 is 1.34 bits per heavy atom. The van der Waals surface area contributed by atoms with Gasteiger partial charge in [-0.2, -0.15) is 0 Å². The summed E-state index contributed by atoms with van der Waals surface area (Å²) in [6, 6.07) is 5.65. The Morgan fingerprint density at radius 2 is 2.14 bits per heavy atom. The molecule has 3 heterocycles. The van der Waals surface area contributed by atoms with Crippen molar-refractivity contribution < 1.29 is 18.7 Å². The topological polar surface area (TPSA) is 91.5 Å². The maximum Gasteiger partial charge on any atom is 0.338 e. The van der Waals surface area contributed by atoms with Crippen LogP contribution in [0.4, 0.5) is 9.18 Å². The Hall–Kier alpha value is -3.27. The predicted molar refractivity (Wildman–Crippen MR) is 101 cm³/mol. The minimum atomic E-state index is -0.507. The number of hydrogen-bond donors (Lipinski definition) is 0. The van der Waals surface area contributed by atoms with Gasteiger partial charge in [0.2, 0.25) is 0 Å². The second-order valence-electron chi connectivity index (χ2n) is 6.79. The lowest BCUT2D eigenvalue weighted by molar-refractivity contribution is 0.178. The molecule has 152 valence electrons. The molecule has 9 nitrogen and oxygen atoms in total. The van der Waals surface area contributed by atoms with E-state index in [9.17, 15) is 14.0 Å². The van der Waals surface area contributed by atoms with Crippen LogP contribution in [0.1, 0.15) is 12.2 Å². The summed E-state index contributed by atoms with van der Waals surface area (Å²) < 4.78 is 26.9. The van der Waals surface area contributed by atoms with E-state index in [-0.39, 0.29) is 25.0 Å². The fraction of sp³-hybridized carbons (Fsp3) is 0.368. The molecule has 1 aliphatic heterocycles. The summed E-state index contributed by atoms with van der Waals surface area (Å²) in [5, 5.41) is 0. The molecule has 2 aromatic heterocycles. The van der Waals surface area contributed by atoms with Crippen LogP contribution < -0.4 is 10.4 Å². The van der Waals surface area contributed by atoms with E-state index in [4.69, 9.17) is 9.47 Å². The van der Waals surface area contributed by atoms with Crippen LogP contribution in [0.3, 0.4) is 0 Å². The summed E-state index contributed by atoms with van der Waals surface area (Å²) in [5.41, 5.74) is 0.164. The zero-order chi connectivity index (χ0) is 20.5. The van der Waals surface area contributed by atoms with Gasteiger partial charge < -0.3 is 14.4 Å². The average Bonchev–Trinajstić information content (AvgIpc) is 3.27. The van der Waals surface area contributed by atoms with Crippen molar-refractivity contribution in [2.75, 3.05) is 20.2 Å². The molecule has 0 radical (unpaired) electrons. The number of nitrogens with zero attached hydrogens (tertiary/aromatic N) is 5. The number of fused-ring (bicyclic) bond motifs is 1. The third-order valence-corrected chi connectivity index (χ3v) is 4.85. The highest BCUT2D eigenvalue weighted by molar-refractivity contribution is 5.87. The second-order valence-corrected chi connectivity index (χ2v) is 6.79. The second kappa shape index (κ2) is 7.63. The van der Waals surface area contributed by atoms with Gasteiger partial charge in [-0.25, -0.2) is 28.5 Å². The van der Waals surface area contributed by atoms with Gasteiger partial charge in [-0.3, -0.25) is 4.57 Å². The van der Waals surface area contributed by atoms with Gasteiger partial charge in [0.05, 0.1) is 12.7 Å². The zero-order valence-electron chi connectivity index (χ0n) is 16.0. The maximum atomic E-state index is 13.8. The fourth-order valence-corrected chi connectivity index (χ4v) is 3.39. The molecule has 0 aliphatic carbocycles. The van der Waals surface area contributed by atoms with Crippen molar-refractivity contribution in [3.63, 3.8) is 0 Å². The minimum Gasteiger partial charge on any atom is -0.485 e. The third kappa shape index (κ3) is 3.46. The van der Waals surface area contributed by atoms with Gasteiger partial charge in [-0.05, 0) is 12.1 Å². The van der Waals surface area contributed by atoms with Crippen LogP contribution >= 0.6 is 0 Å². The number of rotatable bonds is 4. The van der Waals surface area contributed by atoms with Crippen LogP contribution in [0.25, 0.3) is 11.2 Å². The number of carbonyl (C=O) groups is 1. The first-order valence-electron chi connectivity index (χ1n) is 9.12. The first-order chi connectivity index (χ1) is 14.0. The first kappa shape index (κ1) is 19.1. The summed E-state index contributed by atoms with van der Waals surface area (Å²) in [6.07, 6.45) is 1.62. The molecule has 0 bridgehead atoms. The number of carbonyl (C=O) groups excluding carboxylic acids is 1. The summed E-state index contributed by atoms with van der Waals surface area (Å²) in [4.78, 5) is 35.7. The van der Waals surface area contributed by atoms with Crippen LogP contribution in [0.15, 0.2) is 35.3 Å². The van der Waals surface area contributed by atoms with Crippen molar-refractivity contribution in [1.82, 2.24) is 24.0 Å². The Balaban J connectivity index is 1.57. The highest BCUT2D eigenvalue weighted by atomic mass is 19.1. The molecule has 3 aromatic rings. The predicted octanol–water partition coefficient (Wildman–Crippen LogP) is 1.54. The molecular weight excluding hydrogens is 381 g/mol. The van der Waals surface area contributed by atoms with Crippen molar-refractivity contribution in [3.8, 4) is 5.75 Å². The zero-order valence-corrected chi connectivity index (χ0v) is 16.0. The van der Waals surface area contributed by atoms with Crippen LogP contribution in [-0.4, -0.2) is 56.3 Å². The van der Waals surface area contributed by atoms with E-state index in [1.165, 1.54) is 28.8 Å². The summed E-state index contributed by atoms with van der Waals surface area (Å²) in [7, 11) is 3.07. The number of amides is 1. The standard InChI is InChI=1S/C19H20FN5O4/c1-23-17-14(9-21-16(22-17)11-28-2)25(18(23)26)19(27)24-8-7-12(10-24)29-15-6-4-3-5-13(15)20/h3-6,9,12H,7-8,10-11H2,1-2H3/t12-/m0/s1. The molecule has 0 saturated carbocycles. The molecule has 1 aliphatic rings. The van der Waals surface area contributed by atoms with E-state index in [2.05, 4.69) is 9.97 Å². The Bertz CT molecular complexity index is 1130. The molecule has 0 N–H and O–H groups in total. The number of para-hydroxylation sites is 1. The van der Waals surface area contributed by atoms with Gasteiger partial charge in [0.1, 0.15) is 18.2 Å². The molecule has 29 heavy (non-hydrogen) atoms. The number of ether oxygens (including phenoxy) is 2. The Kier molecular flexibility index (Phi) is 5.01. The highest BCUT2D eigenvalue weighted by Crippen LogP contribution is 2.22. The van der Waals surface area contributed by atoms with Crippen LogP contribution in [0, 0.1) is 5.82 Å². The lowest BCUT2D eigenvalue weighted by Crippen LogP contribution is -2.39. The SMILES string of the molecule is COCc1ncc2c(n1)n(C)c(=O)n2C(=O)N1CC[C@H](Oc2ccccc2F)C1. The van der Waals surface area contributed by atoms with E-state index >= 15 is 0 Å². The van der Waals surface area contributed by atoms with Gasteiger partial charge in [0, 0.05) is 27.1 Å². The average molecular weight is 401 g/mol. The van der Waals surface area contributed by atoms with Crippen molar-refractivity contribution in [3.05, 3.63) is 52.6 Å². The monoisotopic (exact) mass is 401 g/mol. The first-order valence-corrected chi connectivity index (χ1v) is 9.12. The molecule has 0 unspecified atom stereocenters. The minimum absolute atomic E-state index is 0.146. The summed E-state index contributed by atoms with van der Waals surface area (Å²) >= 11 is 0. The molecule has 1 aromatic carbocycles. The van der Waals surface area contributed by atoms with E-state index < -0.39 is 17.5 Å². The van der Waals surface area contributed by atoms with E-state index in [1.54, 1.807) is 25.2 Å². The molecule has 1 amide bonds. The molecular formula is C19H20FN5O4. The van der Waals surface area contributed by atoms with Gasteiger partial charge in [0.25, 0.3) is 0 Å². The maximum absolute atomic E-state index is 13.8.